The quantitative estimate of drug-likeness (QED) is 0.679. The first kappa shape index (κ1) is 15.5. The molecule has 0 aliphatic heterocycles. The first-order chi connectivity index (χ1) is 10.5. The van der Waals surface area contributed by atoms with Gasteiger partial charge in [-0.1, -0.05) is 18.2 Å². The van der Waals surface area contributed by atoms with Gasteiger partial charge >= 0.3 is 0 Å². The Hall–Kier alpha value is -2.89. The molecule has 0 heterocycles. The molecule has 1 amide bonds. The molecule has 2 rings (SSSR count). The average molecular weight is 300 g/mol. The van der Waals surface area contributed by atoms with E-state index in [1.165, 1.54) is 18.2 Å². The van der Waals surface area contributed by atoms with Crippen molar-refractivity contribution >= 4 is 11.6 Å². The van der Waals surface area contributed by atoms with E-state index in [9.17, 15) is 14.9 Å². The minimum absolute atomic E-state index is 0.107. The Kier molecular flexibility index (Phi) is 4.73. The van der Waals surface area contributed by atoms with E-state index in [0.29, 0.717) is 0 Å². The topological polar surface area (TPSA) is 81.5 Å². The van der Waals surface area contributed by atoms with Crippen LogP contribution >= 0.6 is 0 Å². The largest absolute Gasteiger partial charge is 0.497 e. The number of hydrogen-bond donors (Lipinski definition) is 1. The molecule has 6 heteroatoms. The van der Waals surface area contributed by atoms with Crippen molar-refractivity contribution in [2.45, 2.75) is 13.0 Å². The van der Waals surface area contributed by atoms with Crippen LogP contribution in [0.25, 0.3) is 0 Å². The van der Waals surface area contributed by atoms with Crippen molar-refractivity contribution in [3.63, 3.8) is 0 Å². The number of methoxy groups -OCH3 is 1. The molecule has 6 nitrogen and oxygen atoms in total. The second-order valence-corrected chi connectivity index (χ2v) is 4.78. The van der Waals surface area contributed by atoms with Gasteiger partial charge in [0.05, 0.1) is 18.1 Å². The van der Waals surface area contributed by atoms with Crippen LogP contribution in [0.15, 0.2) is 48.5 Å². The van der Waals surface area contributed by atoms with Gasteiger partial charge in [0, 0.05) is 17.7 Å². The number of nitrogens with zero attached hydrogens (tertiary/aromatic N) is 1. The molecule has 0 saturated heterocycles. The van der Waals surface area contributed by atoms with Gasteiger partial charge in [-0.15, -0.1) is 0 Å². The van der Waals surface area contributed by atoms with Gasteiger partial charge in [-0.2, -0.15) is 0 Å². The zero-order chi connectivity index (χ0) is 16.1. The van der Waals surface area contributed by atoms with Gasteiger partial charge in [0.1, 0.15) is 5.75 Å². The van der Waals surface area contributed by atoms with Crippen LogP contribution in [0.5, 0.6) is 5.75 Å². The highest BCUT2D eigenvalue weighted by Crippen LogP contribution is 2.18. The smallest absolute Gasteiger partial charge is 0.270 e. The molecule has 0 aliphatic carbocycles. The fourth-order valence-electron chi connectivity index (χ4n) is 2.02. The third kappa shape index (κ3) is 3.60. The minimum atomic E-state index is -0.524. The molecule has 0 fully saturated rings. The maximum Gasteiger partial charge on any atom is 0.270 e. The molecule has 1 N–H and O–H groups in total. The molecule has 2 aromatic carbocycles. The van der Waals surface area contributed by atoms with Crippen LogP contribution in [-0.4, -0.2) is 17.9 Å². The summed E-state index contributed by atoms with van der Waals surface area (Å²) in [5.74, 6) is 0.382. The molecule has 0 spiro atoms. The van der Waals surface area contributed by atoms with E-state index >= 15 is 0 Å². The highest BCUT2D eigenvalue weighted by molar-refractivity contribution is 5.95. The lowest BCUT2D eigenvalue weighted by Crippen LogP contribution is -2.26. The third-order valence-corrected chi connectivity index (χ3v) is 3.28. The molecule has 22 heavy (non-hydrogen) atoms. The second kappa shape index (κ2) is 6.71. The normalized spacial score (nSPS) is 11.5. The van der Waals surface area contributed by atoms with Crippen molar-refractivity contribution in [3.8, 4) is 5.75 Å². The van der Waals surface area contributed by atoms with Gasteiger partial charge in [0.2, 0.25) is 0 Å². The summed E-state index contributed by atoms with van der Waals surface area (Å²) in [5.41, 5.74) is 1.07. The summed E-state index contributed by atoms with van der Waals surface area (Å²) >= 11 is 0. The number of carbonyl (C=O) groups excluding carboxylic acids is 1. The van der Waals surface area contributed by atoms with Crippen LogP contribution in [0.1, 0.15) is 28.9 Å². The van der Waals surface area contributed by atoms with Crippen LogP contribution in [0, 0.1) is 10.1 Å². The molecule has 0 aliphatic rings. The van der Waals surface area contributed by atoms with Crippen molar-refractivity contribution in [2.24, 2.45) is 0 Å². The summed E-state index contributed by atoms with van der Waals surface area (Å²) in [6.45, 7) is 1.84. The number of nitro benzene ring substituents is 1. The molecule has 1 unspecified atom stereocenters. The van der Waals surface area contributed by atoms with Gasteiger partial charge in [0.15, 0.2) is 0 Å². The zero-order valence-corrected chi connectivity index (χ0v) is 12.3. The average Bonchev–Trinajstić information content (AvgIpc) is 2.54. The molecule has 0 radical (unpaired) electrons. The second-order valence-electron chi connectivity index (χ2n) is 4.78. The van der Waals surface area contributed by atoms with E-state index in [1.54, 1.807) is 13.2 Å². The summed E-state index contributed by atoms with van der Waals surface area (Å²) in [6.07, 6.45) is 0. The van der Waals surface area contributed by atoms with Crippen LogP contribution in [0.3, 0.4) is 0 Å². The van der Waals surface area contributed by atoms with Crippen molar-refractivity contribution in [1.29, 1.82) is 0 Å². The molecule has 0 aromatic heterocycles. The number of rotatable bonds is 5. The highest BCUT2D eigenvalue weighted by atomic mass is 16.6. The Balaban J connectivity index is 2.10. The predicted octanol–water partition coefficient (Wildman–Crippen LogP) is 3.09. The van der Waals surface area contributed by atoms with Gasteiger partial charge in [-0.25, -0.2) is 0 Å². The van der Waals surface area contributed by atoms with E-state index in [1.807, 2.05) is 31.2 Å². The third-order valence-electron chi connectivity index (χ3n) is 3.28. The van der Waals surface area contributed by atoms with Gasteiger partial charge in [0.25, 0.3) is 11.6 Å². The Morgan fingerprint density at radius 3 is 2.50 bits per heavy atom. The van der Waals surface area contributed by atoms with Gasteiger partial charge in [-0.05, 0) is 30.7 Å². The highest BCUT2D eigenvalue weighted by Gasteiger charge is 2.14. The molecule has 2 aromatic rings. The maximum absolute atomic E-state index is 12.2. The Labute approximate surface area is 127 Å². The van der Waals surface area contributed by atoms with E-state index in [4.69, 9.17) is 4.74 Å². The lowest BCUT2D eigenvalue weighted by Gasteiger charge is -2.14. The number of benzene rings is 2. The first-order valence-electron chi connectivity index (χ1n) is 6.70. The Morgan fingerprint density at radius 2 is 1.91 bits per heavy atom. The van der Waals surface area contributed by atoms with Gasteiger partial charge < -0.3 is 10.1 Å². The van der Waals surface area contributed by atoms with Crippen LogP contribution < -0.4 is 10.1 Å². The van der Waals surface area contributed by atoms with E-state index in [2.05, 4.69) is 5.32 Å². The number of ether oxygens (including phenoxy) is 1. The summed E-state index contributed by atoms with van der Waals surface area (Å²) < 4.78 is 5.08. The van der Waals surface area contributed by atoms with Crippen molar-refractivity contribution in [3.05, 3.63) is 69.8 Å². The number of non-ortho nitro benzene ring substituents is 1. The van der Waals surface area contributed by atoms with Gasteiger partial charge in [-0.3, -0.25) is 14.9 Å². The number of hydrogen-bond acceptors (Lipinski definition) is 4. The monoisotopic (exact) mass is 300 g/mol. The van der Waals surface area contributed by atoms with E-state index < -0.39 is 4.92 Å². The number of nitro groups is 1. The number of nitrogens with one attached hydrogen (secondary N) is 1. The maximum atomic E-state index is 12.2. The summed E-state index contributed by atoms with van der Waals surface area (Å²) in [4.78, 5) is 22.4. The molecule has 0 saturated carbocycles. The number of amides is 1. The molecule has 1 atom stereocenters. The van der Waals surface area contributed by atoms with Crippen molar-refractivity contribution in [1.82, 2.24) is 5.32 Å². The van der Waals surface area contributed by atoms with Crippen LogP contribution in [0.2, 0.25) is 0 Å². The van der Waals surface area contributed by atoms with Crippen molar-refractivity contribution in [2.75, 3.05) is 7.11 Å². The standard InChI is InChI=1S/C16H16N2O4/c1-11(12-6-8-15(22-2)9-7-12)17-16(19)13-4-3-5-14(10-13)18(20)21/h3-11H,1-2H3,(H,17,19). The van der Waals surface area contributed by atoms with Crippen molar-refractivity contribution < 1.29 is 14.5 Å². The SMILES string of the molecule is COc1ccc(C(C)NC(=O)c2cccc([N+](=O)[O-])c2)cc1. The number of carbonyl (C=O) groups is 1. The fraction of sp³-hybridized carbons (Fsp3) is 0.188. The Bertz CT molecular complexity index is 683. The molecular weight excluding hydrogens is 284 g/mol. The first-order valence-corrected chi connectivity index (χ1v) is 6.70. The summed E-state index contributed by atoms with van der Waals surface area (Å²) in [7, 11) is 1.59. The summed E-state index contributed by atoms with van der Waals surface area (Å²) in [5, 5.41) is 13.6. The van der Waals surface area contributed by atoms with E-state index in [-0.39, 0.29) is 23.2 Å². The van der Waals surface area contributed by atoms with Crippen LogP contribution in [-0.2, 0) is 0 Å². The summed E-state index contributed by atoms with van der Waals surface area (Å²) in [6, 6.07) is 12.8. The lowest BCUT2D eigenvalue weighted by molar-refractivity contribution is -0.384. The van der Waals surface area contributed by atoms with E-state index in [0.717, 1.165) is 11.3 Å². The molecule has 0 bridgehead atoms. The zero-order valence-electron chi connectivity index (χ0n) is 12.3. The predicted molar refractivity (Wildman–Crippen MR) is 82.0 cm³/mol. The molecule has 114 valence electrons. The van der Waals surface area contributed by atoms with Crippen LogP contribution in [0.4, 0.5) is 5.69 Å². The Morgan fingerprint density at radius 1 is 1.23 bits per heavy atom. The lowest BCUT2D eigenvalue weighted by atomic mass is 10.1. The minimum Gasteiger partial charge on any atom is -0.497 e. The molecular formula is C16H16N2O4. The fourth-order valence-corrected chi connectivity index (χ4v) is 2.02.